The molecule has 0 aromatic carbocycles. The molecular formula is C16H19N5O2. The van der Waals surface area contributed by atoms with Gasteiger partial charge in [0, 0.05) is 24.4 Å². The van der Waals surface area contributed by atoms with Crippen LogP contribution in [0.2, 0.25) is 0 Å². The second kappa shape index (κ2) is 5.73. The van der Waals surface area contributed by atoms with Crippen LogP contribution in [0.25, 0.3) is 0 Å². The Morgan fingerprint density at radius 2 is 2.04 bits per heavy atom. The van der Waals surface area contributed by atoms with Crippen LogP contribution in [0.3, 0.4) is 0 Å². The molecule has 1 aliphatic carbocycles. The maximum Gasteiger partial charge on any atom is 0.267 e. The summed E-state index contributed by atoms with van der Waals surface area (Å²) in [5.41, 5.74) is 1.74. The van der Waals surface area contributed by atoms with Crippen LogP contribution in [0.5, 0.6) is 0 Å². The highest BCUT2D eigenvalue weighted by atomic mass is 16.5. The SMILES string of the molecule is Cc1nccnc1NC1COCC1n1nc(C2CC2)ccc1=O. The van der Waals surface area contributed by atoms with E-state index in [0.29, 0.717) is 19.1 Å². The van der Waals surface area contributed by atoms with Crippen molar-refractivity contribution in [3.8, 4) is 0 Å². The van der Waals surface area contributed by atoms with Gasteiger partial charge in [-0.3, -0.25) is 9.78 Å². The summed E-state index contributed by atoms with van der Waals surface area (Å²) in [7, 11) is 0. The lowest BCUT2D eigenvalue weighted by Crippen LogP contribution is -2.37. The molecule has 2 atom stereocenters. The Bertz CT molecular complexity index is 771. The van der Waals surface area contributed by atoms with E-state index >= 15 is 0 Å². The highest BCUT2D eigenvalue weighted by Gasteiger charge is 2.33. The van der Waals surface area contributed by atoms with Crippen molar-refractivity contribution >= 4 is 5.82 Å². The van der Waals surface area contributed by atoms with Gasteiger partial charge in [-0.1, -0.05) is 0 Å². The Hall–Kier alpha value is -2.28. The summed E-state index contributed by atoms with van der Waals surface area (Å²) in [4.78, 5) is 20.8. The number of hydrogen-bond acceptors (Lipinski definition) is 6. The van der Waals surface area contributed by atoms with Crippen molar-refractivity contribution in [3.63, 3.8) is 0 Å². The topological polar surface area (TPSA) is 81.9 Å². The van der Waals surface area contributed by atoms with Crippen LogP contribution < -0.4 is 10.9 Å². The molecule has 2 fully saturated rings. The smallest absolute Gasteiger partial charge is 0.267 e. The Labute approximate surface area is 133 Å². The van der Waals surface area contributed by atoms with E-state index in [4.69, 9.17) is 4.74 Å². The third kappa shape index (κ3) is 2.84. The van der Waals surface area contributed by atoms with E-state index in [1.807, 2.05) is 13.0 Å². The molecule has 1 saturated carbocycles. The minimum atomic E-state index is -0.136. The highest BCUT2D eigenvalue weighted by Crippen LogP contribution is 2.38. The molecule has 1 saturated heterocycles. The van der Waals surface area contributed by atoms with Gasteiger partial charge in [0.2, 0.25) is 0 Å². The maximum absolute atomic E-state index is 12.3. The Morgan fingerprint density at radius 3 is 2.83 bits per heavy atom. The predicted molar refractivity (Wildman–Crippen MR) is 84.5 cm³/mol. The number of aromatic nitrogens is 4. The quantitative estimate of drug-likeness (QED) is 0.915. The first-order chi connectivity index (χ1) is 11.2. The fourth-order valence-electron chi connectivity index (χ4n) is 2.92. The van der Waals surface area contributed by atoms with Crippen LogP contribution in [0.15, 0.2) is 29.3 Å². The number of aryl methyl sites for hydroxylation is 1. The van der Waals surface area contributed by atoms with Crippen LogP contribution in [-0.4, -0.2) is 39.0 Å². The van der Waals surface area contributed by atoms with Crippen LogP contribution in [-0.2, 0) is 4.74 Å². The molecule has 2 aromatic rings. The molecule has 23 heavy (non-hydrogen) atoms. The molecular weight excluding hydrogens is 294 g/mol. The Morgan fingerprint density at radius 1 is 1.22 bits per heavy atom. The van der Waals surface area contributed by atoms with Crippen molar-refractivity contribution < 1.29 is 4.74 Å². The second-order valence-electron chi connectivity index (χ2n) is 6.16. The largest absolute Gasteiger partial charge is 0.377 e. The zero-order chi connectivity index (χ0) is 15.8. The molecule has 0 spiro atoms. The summed E-state index contributed by atoms with van der Waals surface area (Å²) in [6.07, 6.45) is 5.63. The van der Waals surface area contributed by atoms with Gasteiger partial charge in [0.15, 0.2) is 0 Å². The van der Waals surface area contributed by atoms with Crippen molar-refractivity contribution in [1.29, 1.82) is 0 Å². The number of ether oxygens (including phenoxy) is 1. The first-order valence-corrected chi connectivity index (χ1v) is 7.94. The molecule has 7 heteroatoms. The molecule has 4 rings (SSSR count). The van der Waals surface area contributed by atoms with Crippen LogP contribution >= 0.6 is 0 Å². The average Bonchev–Trinajstić information content (AvgIpc) is 3.30. The van der Waals surface area contributed by atoms with Gasteiger partial charge >= 0.3 is 0 Å². The summed E-state index contributed by atoms with van der Waals surface area (Å²) >= 11 is 0. The maximum atomic E-state index is 12.3. The number of hydrogen-bond donors (Lipinski definition) is 1. The van der Waals surface area contributed by atoms with Crippen LogP contribution in [0.1, 0.15) is 36.2 Å². The van der Waals surface area contributed by atoms with E-state index in [1.165, 1.54) is 0 Å². The zero-order valence-corrected chi connectivity index (χ0v) is 13.0. The lowest BCUT2D eigenvalue weighted by Gasteiger charge is -2.21. The number of nitrogens with zero attached hydrogens (tertiary/aromatic N) is 4. The van der Waals surface area contributed by atoms with E-state index in [9.17, 15) is 4.79 Å². The van der Waals surface area contributed by atoms with Crippen molar-refractivity contribution in [2.24, 2.45) is 0 Å². The van der Waals surface area contributed by atoms with Gasteiger partial charge in [0.05, 0.1) is 30.6 Å². The number of nitrogens with one attached hydrogen (secondary N) is 1. The molecule has 1 N–H and O–H groups in total. The highest BCUT2D eigenvalue weighted by molar-refractivity contribution is 5.40. The number of anilines is 1. The molecule has 2 aliphatic rings. The van der Waals surface area contributed by atoms with E-state index in [-0.39, 0.29) is 17.6 Å². The Balaban J connectivity index is 1.61. The van der Waals surface area contributed by atoms with E-state index in [0.717, 1.165) is 30.0 Å². The fourth-order valence-corrected chi connectivity index (χ4v) is 2.92. The summed E-state index contributed by atoms with van der Waals surface area (Å²) in [6, 6.07) is 3.28. The Kier molecular flexibility index (Phi) is 3.57. The average molecular weight is 313 g/mol. The van der Waals surface area contributed by atoms with Crippen molar-refractivity contribution in [2.75, 3.05) is 18.5 Å². The number of rotatable bonds is 4. The van der Waals surface area contributed by atoms with E-state index in [1.54, 1.807) is 23.1 Å². The summed E-state index contributed by atoms with van der Waals surface area (Å²) in [5.74, 6) is 1.23. The van der Waals surface area contributed by atoms with Gasteiger partial charge in [-0.05, 0) is 25.8 Å². The van der Waals surface area contributed by atoms with Gasteiger partial charge in [0.1, 0.15) is 11.9 Å². The standard InChI is InChI=1S/C16H19N5O2/c1-10-16(18-7-6-17-10)19-13-8-23-9-14(13)21-15(22)5-4-12(20-21)11-2-3-11/h4-7,11,13-14H,2-3,8-9H2,1H3,(H,18,19). The van der Waals surface area contributed by atoms with Crippen molar-refractivity contribution in [1.82, 2.24) is 19.7 Å². The summed E-state index contributed by atoms with van der Waals surface area (Å²) in [5, 5.41) is 7.93. The lowest BCUT2D eigenvalue weighted by atomic mass is 10.1. The van der Waals surface area contributed by atoms with Crippen molar-refractivity contribution in [2.45, 2.75) is 37.8 Å². The van der Waals surface area contributed by atoms with Gasteiger partial charge in [0.25, 0.3) is 5.56 Å². The molecule has 0 bridgehead atoms. The normalized spacial score (nSPS) is 23.9. The molecule has 0 amide bonds. The van der Waals surface area contributed by atoms with Gasteiger partial charge in [-0.15, -0.1) is 0 Å². The molecule has 120 valence electrons. The first-order valence-electron chi connectivity index (χ1n) is 7.94. The minimum Gasteiger partial charge on any atom is -0.377 e. The molecule has 3 heterocycles. The molecule has 1 aliphatic heterocycles. The van der Waals surface area contributed by atoms with Gasteiger partial charge < -0.3 is 10.1 Å². The first kappa shape index (κ1) is 14.3. The van der Waals surface area contributed by atoms with E-state index in [2.05, 4.69) is 20.4 Å². The minimum absolute atomic E-state index is 0.0509. The fraction of sp³-hybridized carbons (Fsp3) is 0.500. The van der Waals surface area contributed by atoms with E-state index < -0.39 is 0 Å². The summed E-state index contributed by atoms with van der Waals surface area (Å²) < 4.78 is 7.17. The van der Waals surface area contributed by atoms with Gasteiger partial charge in [-0.2, -0.15) is 5.10 Å². The molecule has 2 aromatic heterocycles. The van der Waals surface area contributed by atoms with Gasteiger partial charge in [-0.25, -0.2) is 9.67 Å². The third-order valence-electron chi connectivity index (χ3n) is 4.41. The van der Waals surface area contributed by atoms with Crippen LogP contribution in [0.4, 0.5) is 5.82 Å². The molecule has 0 radical (unpaired) electrons. The van der Waals surface area contributed by atoms with Crippen molar-refractivity contribution in [3.05, 3.63) is 46.3 Å². The molecule has 7 nitrogen and oxygen atoms in total. The lowest BCUT2D eigenvalue weighted by molar-refractivity contribution is 0.182. The van der Waals surface area contributed by atoms with Crippen LogP contribution in [0, 0.1) is 6.92 Å². The predicted octanol–water partition coefficient (Wildman–Crippen LogP) is 1.27. The monoisotopic (exact) mass is 313 g/mol. The second-order valence-corrected chi connectivity index (χ2v) is 6.16. The molecule has 2 unspecified atom stereocenters. The zero-order valence-electron chi connectivity index (χ0n) is 13.0. The third-order valence-corrected chi connectivity index (χ3v) is 4.41. The summed E-state index contributed by atoms with van der Waals surface area (Å²) in [6.45, 7) is 2.89.